The van der Waals surface area contributed by atoms with Crippen molar-refractivity contribution in [1.29, 1.82) is 5.26 Å². The summed E-state index contributed by atoms with van der Waals surface area (Å²) in [5.41, 5.74) is 6.86. The van der Waals surface area contributed by atoms with E-state index in [4.69, 9.17) is 5.73 Å². The SMILES string of the molecule is N#Cc1c(N2CCNCC2)nn(-c2cccc(F)c2)c1N. The molecule has 3 N–H and O–H groups in total. The Morgan fingerprint density at radius 1 is 1.33 bits per heavy atom. The Morgan fingerprint density at radius 2 is 2.10 bits per heavy atom. The second-order valence-corrected chi connectivity index (χ2v) is 4.82. The predicted octanol–water partition coefficient (Wildman–Crippen LogP) is 0.875. The van der Waals surface area contributed by atoms with E-state index in [9.17, 15) is 9.65 Å². The number of hydrogen-bond donors (Lipinski definition) is 2. The number of halogens is 1. The van der Waals surface area contributed by atoms with Crippen LogP contribution in [0.4, 0.5) is 16.0 Å². The lowest BCUT2D eigenvalue weighted by Gasteiger charge is -2.27. The average Bonchev–Trinajstić information content (AvgIpc) is 2.85. The first kappa shape index (κ1) is 13.4. The minimum atomic E-state index is -0.371. The van der Waals surface area contributed by atoms with E-state index < -0.39 is 0 Å². The second-order valence-electron chi connectivity index (χ2n) is 4.82. The lowest BCUT2D eigenvalue weighted by molar-refractivity contribution is 0.582. The van der Waals surface area contributed by atoms with Gasteiger partial charge in [0.2, 0.25) is 0 Å². The summed E-state index contributed by atoms with van der Waals surface area (Å²) in [4.78, 5) is 2.02. The molecule has 0 radical (unpaired) electrons. The molecule has 0 aliphatic carbocycles. The second kappa shape index (κ2) is 5.42. The topological polar surface area (TPSA) is 82.9 Å². The van der Waals surface area contributed by atoms with Crippen LogP contribution in [-0.4, -0.2) is 36.0 Å². The molecule has 0 unspecified atom stereocenters. The van der Waals surface area contributed by atoms with Crippen molar-refractivity contribution < 1.29 is 4.39 Å². The van der Waals surface area contributed by atoms with Gasteiger partial charge in [-0.3, -0.25) is 0 Å². The fourth-order valence-corrected chi connectivity index (χ4v) is 2.43. The van der Waals surface area contributed by atoms with Gasteiger partial charge in [0.05, 0.1) is 5.69 Å². The minimum Gasteiger partial charge on any atom is -0.382 e. The maximum absolute atomic E-state index is 13.4. The first-order valence-corrected chi connectivity index (χ1v) is 6.71. The number of rotatable bonds is 2. The van der Waals surface area contributed by atoms with Crippen molar-refractivity contribution in [3.63, 3.8) is 0 Å². The summed E-state index contributed by atoms with van der Waals surface area (Å²) in [6, 6.07) is 8.08. The number of nitrogen functional groups attached to an aromatic ring is 1. The van der Waals surface area contributed by atoms with Gasteiger partial charge in [0.1, 0.15) is 23.3 Å². The van der Waals surface area contributed by atoms with E-state index in [0.717, 1.165) is 26.2 Å². The number of aromatic nitrogens is 2. The molecule has 108 valence electrons. The lowest BCUT2D eigenvalue weighted by atomic mass is 10.2. The van der Waals surface area contributed by atoms with Crippen LogP contribution in [0.3, 0.4) is 0 Å². The van der Waals surface area contributed by atoms with E-state index >= 15 is 0 Å². The van der Waals surface area contributed by atoms with Gasteiger partial charge in [-0.2, -0.15) is 5.26 Å². The Morgan fingerprint density at radius 3 is 2.76 bits per heavy atom. The summed E-state index contributed by atoms with van der Waals surface area (Å²) < 4.78 is 14.8. The molecule has 1 saturated heterocycles. The maximum atomic E-state index is 13.4. The molecule has 7 heteroatoms. The fourth-order valence-electron chi connectivity index (χ4n) is 2.43. The highest BCUT2D eigenvalue weighted by Crippen LogP contribution is 2.27. The van der Waals surface area contributed by atoms with Crippen LogP contribution >= 0.6 is 0 Å². The molecule has 1 aliphatic rings. The van der Waals surface area contributed by atoms with Crippen molar-refractivity contribution in [2.45, 2.75) is 0 Å². The molecule has 6 nitrogen and oxygen atoms in total. The van der Waals surface area contributed by atoms with E-state index in [1.54, 1.807) is 12.1 Å². The Hall–Kier alpha value is -2.59. The van der Waals surface area contributed by atoms with Crippen LogP contribution in [0.2, 0.25) is 0 Å². The monoisotopic (exact) mass is 286 g/mol. The van der Waals surface area contributed by atoms with Crippen molar-refractivity contribution in [2.24, 2.45) is 0 Å². The van der Waals surface area contributed by atoms with Crippen LogP contribution in [0.25, 0.3) is 5.69 Å². The molecule has 2 aromatic rings. The third kappa shape index (κ3) is 2.41. The minimum absolute atomic E-state index is 0.233. The fraction of sp³-hybridized carbons (Fsp3) is 0.286. The average molecular weight is 286 g/mol. The predicted molar refractivity (Wildman–Crippen MR) is 77.7 cm³/mol. The summed E-state index contributed by atoms with van der Waals surface area (Å²) >= 11 is 0. The van der Waals surface area contributed by atoms with Gasteiger partial charge in [-0.25, -0.2) is 9.07 Å². The Bertz CT molecular complexity index is 696. The molecular formula is C14H15FN6. The number of anilines is 2. The molecule has 1 fully saturated rings. The number of nitriles is 1. The number of benzene rings is 1. The van der Waals surface area contributed by atoms with Crippen molar-refractivity contribution in [3.05, 3.63) is 35.6 Å². The Balaban J connectivity index is 2.07. The van der Waals surface area contributed by atoms with Gasteiger partial charge >= 0.3 is 0 Å². The summed E-state index contributed by atoms with van der Waals surface area (Å²) in [7, 11) is 0. The van der Waals surface area contributed by atoms with Crippen LogP contribution in [0.1, 0.15) is 5.56 Å². The summed E-state index contributed by atoms with van der Waals surface area (Å²) in [5, 5.41) is 17.0. The number of nitrogens with one attached hydrogen (secondary N) is 1. The molecule has 0 spiro atoms. The molecule has 0 amide bonds. The molecule has 1 aromatic heterocycles. The molecular weight excluding hydrogens is 271 g/mol. The molecule has 21 heavy (non-hydrogen) atoms. The van der Waals surface area contributed by atoms with Gasteiger partial charge in [0.15, 0.2) is 5.82 Å². The molecule has 1 aromatic carbocycles. The summed E-state index contributed by atoms with van der Waals surface area (Å²) in [6.07, 6.45) is 0. The van der Waals surface area contributed by atoms with Gasteiger partial charge < -0.3 is 16.0 Å². The van der Waals surface area contributed by atoms with Crippen molar-refractivity contribution in [1.82, 2.24) is 15.1 Å². The number of nitrogens with zero attached hydrogens (tertiary/aromatic N) is 4. The normalized spacial score (nSPS) is 15.0. The van der Waals surface area contributed by atoms with E-state index in [0.29, 0.717) is 17.1 Å². The van der Waals surface area contributed by atoms with Gasteiger partial charge in [-0.15, -0.1) is 5.10 Å². The Labute approximate surface area is 121 Å². The van der Waals surface area contributed by atoms with E-state index in [-0.39, 0.29) is 11.6 Å². The zero-order chi connectivity index (χ0) is 14.8. The van der Waals surface area contributed by atoms with Crippen molar-refractivity contribution >= 4 is 11.6 Å². The number of nitrogens with two attached hydrogens (primary N) is 1. The van der Waals surface area contributed by atoms with Crippen LogP contribution in [-0.2, 0) is 0 Å². The van der Waals surface area contributed by atoms with Crippen LogP contribution in [0.5, 0.6) is 0 Å². The third-order valence-corrected chi connectivity index (χ3v) is 3.48. The van der Waals surface area contributed by atoms with Gasteiger partial charge in [0.25, 0.3) is 0 Å². The quantitative estimate of drug-likeness (QED) is 0.856. The van der Waals surface area contributed by atoms with Crippen LogP contribution in [0, 0.1) is 17.1 Å². The smallest absolute Gasteiger partial charge is 0.171 e. The van der Waals surface area contributed by atoms with E-state index in [1.807, 2.05) is 4.90 Å². The highest BCUT2D eigenvalue weighted by Gasteiger charge is 2.22. The summed E-state index contributed by atoms with van der Waals surface area (Å²) in [5.74, 6) is 0.419. The summed E-state index contributed by atoms with van der Waals surface area (Å²) in [6.45, 7) is 3.18. The molecule has 0 atom stereocenters. The molecule has 0 bridgehead atoms. The van der Waals surface area contributed by atoms with Crippen molar-refractivity contribution in [3.8, 4) is 11.8 Å². The molecule has 3 rings (SSSR count). The standard InChI is InChI=1S/C14H15FN6/c15-10-2-1-3-11(8-10)21-13(17)12(9-16)14(19-21)20-6-4-18-5-7-20/h1-3,8,18H,4-7,17H2. The zero-order valence-corrected chi connectivity index (χ0v) is 11.4. The first-order valence-electron chi connectivity index (χ1n) is 6.71. The zero-order valence-electron chi connectivity index (χ0n) is 11.4. The molecule has 1 aliphatic heterocycles. The molecule has 0 saturated carbocycles. The number of hydrogen-bond acceptors (Lipinski definition) is 5. The third-order valence-electron chi connectivity index (χ3n) is 3.48. The highest BCUT2D eigenvalue weighted by molar-refractivity contribution is 5.67. The first-order chi connectivity index (χ1) is 10.2. The van der Waals surface area contributed by atoms with Gasteiger partial charge in [-0.1, -0.05) is 6.07 Å². The number of piperazine rings is 1. The van der Waals surface area contributed by atoms with Crippen molar-refractivity contribution in [2.75, 3.05) is 36.8 Å². The van der Waals surface area contributed by atoms with Crippen LogP contribution in [0.15, 0.2) is 24.3 Å². The highest BCUT2D eigenvalue weighted by atomic mass is 19.1. The van der Waals surface area contributed by atoms with E-state index in [1.165, 1.54) is 16.8 Å². The Kier molecular flexibility index (Phi) is 3.46. The molecule has 2 heterocycles. The largest absolute Gasteiger partial charge is 0.382 e. The lowest BCUT2D eigenvalue weighted by Crippen LogP contribution is -2.44. The van der Waals surface area contributed by atoms with E-state index in [2.05, 4.69) is 16.5 Å². The maximum Gasteiger partial charge on any atom is 0.171 e. The van der Waals surface area contributed by atoms with Gasteiger partial charge in [-0.05, 0) is 18.2 Å². The van der Waals surface area contributed by atoms with Crippen LogP contribution < -0.4 is 16.0 Å². The van der Waals surface area contributed by atoms with Gasteiger partial charge in [0, 0.05) is 26.2 Å².